The fourth-order valence-electron chi connectivity index (χ4n) is 1.50. The van der Waals surface area contributed by atoms with Crippen LogP contribution in [0.15, 0.2) is 30.3 Å². The summed E-state index contributed by atoms with van der Waals surface area (Å²) in [5.74, 6) is 0.936. The minimum absolute atomic E-state index is 0.360. The van der Waals surface area contributed by atoms with Gasteiger partial charge in [-0.15, -0.1) is 0 Å². The van der Waals surface area contributed by atoms with Crippen LogP contribution in [0.1, 0.15) is 6.42 Å². The number of aliphatic hydroxyl groups is 1. The summed E-state index contributed by atoms with van der Waals surface area (Å²) in [5.41, 5.74) is 4.89. The zero-order valence-electron chi connectivity index (χ0n) is 8.77. The Balaban J connectivity index is 1.89. The molecule has 1 saturated heterocycles. The van der Waals surface area contributed by atoms with E-state index >= 15 is 0 Å². The van der Waals surface area contributed by atoms with Crippen LogP contribution in [0.2, 0.25) is 0 Å². The number of rotatable bonds is 3. The van der Waals surface area contributed by atoms with Gasteiger partial charge in [0.25, 0.3) is 5.91 Å². The van der Waals surface area contributed by atoms with E-state index in [0.29, 0.717) is 12.2 Å². The van der Waals surface area contributed by atoms with E-state index in [2.05, 4.69) is 10.9 Å². The number of para-hydroxylation sites is 1. The number of thioether (sulfide) groups is 1. The molecule has 3 N–H and O–H groups in total. The van der Waals surface area contributed by atoms with Crippen LogP contribution in [0.25, 0.3) is 0 Å². The molecule has 1 aromatic carbocycles. The minimum atomic E-state index is -1.22. The van der Waals surface area contributed by atoms with Crippen LogP contribution in [0.5, 0.6) is 0 Å². The average Bonchev–Trinajstić information content (AvgIpc) is 2.76. The van der Waals surface area contributed by atoms with Gasteiger partial charge in [0.1, 0.15) is 0 Å². The molecule has 1 aliphatic heterocycles. The van der Waals surface area contributed by atoms with Gasteiger partial charge in [0, 0.05) is 5.75 Å². The Morgan fingerprint density at radius 2 is 2.12 bits per heavy atom. The molecule has 86 valence electrons. The fourth-order valence-corrected chi connectivity index (χ4v) is 2.74. The van der Waals surface area contributed by atoms with E-state index in [4.69, 9.17) is 0 Å². The lowest BCUT2D eigenvalue weighted by molar-refractivity contribution is -0.136. The summed E-state index contributed by atoms with van der Waals surface area (Å²) in [6, 6.07) is 9.32. The summed E-state index contributed by atoms with van der Waals surface area (Å²) in [7, 11) is 0. The van der Waals surface area contributed by atoms with Crippen LogP contribution in [-0.2, 0) is 4.79 Å². The van der Waals surface area contributed by atoms with Crippen molar-refractivity contribution in [3.8, 4) is 0 Å². The van der Waals surface area contributed by atoms with Gasteiger partial charge in [0.15, 0.2) is 5.60 Å². The Labute approximate surface area is 98.4 Å². The summed E-state index contributed by atoms with van der Waals surface area (Å²) in [4.78, 5) is 11.7. The highest BCUT2D eigenvalue weighted by molar-refractivity contribution is 7.99. The first kappa shape index (κ1) is 11.3. The Morgan fingerprint density at radius 1 is 1.38 bits per heavy atom. The molecular formula is C11H14N2O2S. The molecule has 5 heteroatoms. The number of hydrazine groups is 1. The SMILES string of the molecule is O=C(NNc1ccccc1)C1(O)CCSC1. The summed E-state index contributed by atoms with van der Waals surface area (Å²) >= 11 is 1.59. The third-order valence-corrected chi connectivity index (χ3v) is 3.69. The summed E-state index contributed by atoms with van der Waals surface area (Å²) in [5, 5.41) is 9.96. The molecule has 0 radical (unpaired) electrons. The molecule has 0 saturated carbocycles. The second kappa shape index (κ2) is 4.76. The number of amides is 1. The van der Waals surface area contributed by atoms with Crippen LogP contribution in [0.4, 0.5) is 5.69 Å². The molecule has 0 spiro atoms. The van der Waals surface area contributed by atoms with Crippen LogP contribution in [0.3, 0.4) is 0 Å². The van der Waals surface area contributed by atoms with Gasteiger partial charge >= 0.3 is 0 Å². The zero-order valence-corrected chi connectivity index (χ0v) is 9.59. The molecule has 1 aromatic rings. The highest BCUT2D eigenvalue weighted by Gasteiger charge is 2.39. The van der Waals surface area contributed by atoms with Crippen molar-refractivity contribution in [1.82, 2.24) is 5.43 Å². The molecule has 16 heavy (non-hydrogen) atoms. The number of carbonyl (C=O) groups is 1. The zero-order chi connectivity index (χ0) is 11.4. The van der Waals surface area contributed by atoms with Crippen molar-refractivity contribution in [3.63, 3.8) is 0 Å². The quantitative estimate of drug-likeness (QED) is 0.687. The fraction of sp³-hybridized carbons (Fsp3) is 0.364. The molecule has 0 aliphatic carbocycles. The van der Waals surface area contributed by atoms with E-state index in [1.54, 1.807) is 11.8 Å². The van der Waals surface area contributed by atoms with E-state index in [1.165, 1.54) is 0 Å². The number of carbonyl (C=O) groups excluding carboxylic acids is 1. The molecule has 1 amide bonds. The van der Waals surface area contributed by atoms with Crippen molar-refractivity contribution >= 4 is 23.4 Å². The number of hydrogen-bond acceptors (Lipinski definition) is 4. The van der Waals surface area contributed by atoms with Crippen LogP contribution >= 0.6 is 11.8 Å². The molecule has 1 unspecified atom stereocenters. The van der Waals surface area contributed by atoms with Gasteiger partial charge in [-0.25, -0.2) is 0 Å². The van der Waals surface area contributed by atoms with Gasteiger partial charge in [0.05, 0.1) is 5.69 Å². The normalized spacial score (nSPS) is 24.1. The number of anilines is 1. The molecule has 0 aromatic heterocycles. The van der Waals surface area contributed by atoms with E-state index < -0.39 is 5.60 Å². The lowest BCUT2D eigenvalue weighted by Crippen LogP contribution is -2.48. The molecule has 4 nitrogen and oxygen atoms in total. The molecule has 0 bridgehead atoms. The monoisotopic (exact) mass is 238 g/mol. The molecule has 2 rings (SSSR count). The topological polar surface area (TPSA) is 61.4 Å². The van der Waals surface area contributed by atoms with E-state index in [-0.39, 0.29) is 5.91 Å². The third kappa shape index (κ3) is 2.48. The molecule has 1 atom stereocenters. The first-order valence-corrected chi connectivity index (χ1v) is 6.28. The minimum Gasteiger partial charge on any atom is -0.379 e. The van der Waals surface area contributed by atoms with E-state index in [9.17, 15) is 9.90 Å². The van der Waals surface area contributed by atoms with Crippen molar-refractivity contribution in [2.45, 2.75) is 12.0 Å². The second-order valence-corrected chi connectivity index (χ2v) is 4.88. The van der Waals surface area contributed by atoms with E-state index in [0.717, 1.165) is 11.4 Å². The van der Waals surface area contributed by atoms with Crippen molar-refractivity contribution < 1.29 is 9.90 Å². The standard InChI is InChI=1S/C11H14N2O2S/c14-10(11(15)6-7-16-8-11)13-12-9-4-2-1-3-5-9/h1-5,12,15H,6-8H2,(H,13,14). The summed E-state index contributed by atoms with van der Waals surface area (Å²) < 4.78 is 0. The third-order valence-electron chi connectivity index (χ3n) is 2.52. The van der Waals surface area contributed by atoms with Gasteiger partial charge in [-0.3, -0.25) is 15.6 Å². The molecule has 1 aliphatic rings. The maximum absolute atomic E-state index is 11.7. The largest absolute Gasteiger partial charge is 0.379 e. The maximum atomic E-state index is 11.7. The lowest BCUT2D eigenvalue weighted by Gasteiger charge is -2.20. The molecule has 1 fully saturated rings. The highest BCUT2D eigenvalue weighted by Crippen LogP contribution is 2.27. The molecular weight excluding hydrogens is 224 g/mol. The van der Waals surface area contributed by atoms with Crippen molar-refractivity contribution in [1.29, 1.82) is 0 Å². The summed E-state index contributed by atoms with van der Waals surface area (Å²) in [6.45, 7) is 0. The summed E-state index contributed by atoms with van der Waals surface area (Å²) in [6.07, 6.45) is 0.514. The maximum Gasteiger partial charge on any atom is 0.271 e. The van der Waals surface area contributed by atoms with E-state index in [1.807, 2.05) is 30.3 Å². The first-order chi connectivity index (χ1) is 7.71. The van der Waals surface area contributed by atoms with Gasteiger partial charge in [-0.1, -0.05) is 18.2 Å². The Bertz CT molecular complexity index is 364. The predicted octanol–water partition coefficient (Wildman–Crippen LogP) is 0.998. The first-order valence-electron chi connectivity index (χ1n) is 5.12. The lowest BCUT2D eigenvalue weighted by atomic mass is 10.0. The van der Waals surface area contributed by atoms with Crippen LogP contribution in [0, 0.1) is 0 Å². The Kier molecular flexibility index (Phi) is 3.36. The number of nitrogens with one attached hydrogen (secondary N) is 2. The van der Waals surface area contributed by atoms with Gasteiger partial charge in [0.2, 0.25) is 0 Å². The van der Waals surface area contributed by atoms with Crippen LogP contribution in [-0.4, -0.2) is 28.1 Å². The predicted molar refractivity (Wildman–Crippen MR) is 65.1 cm³/mol. The molecule has 1 heterocycles. The van der Waals surface area contributed by atoms with Crippen molar-refractivity contribution in [2.75, 3.05) is 16.9 Å². The number of benzene rings is 1. The van der Waals surface area contributed by atoms with Crippen molar-refractivity contribution in [3.05, 3.63) is 30.3 Å². The van der Waals surface area contributed by atoms with Gasteiger partial charge < -0.3 is 5.11 Å². The Morgan fingerprint density at radius 3 is 2.75 bits per heavy atom. The van der Waals surface area contributed by atoms with Gasteiger partial charge in [-0.05, 0) is 24.3 Å². The van der Waals surface area contributed by atoms with Gasteiger partial charge in [-0.2, -0.15) is 11.8 Å². The second-order valence-electron chi connectivity index (χ2n) is 3.78. The average molecular weight is 238 g/mol. The smallest absolute Gasteiger partial charge is 0.271 e. The highest BCUT2D eigenvalue weighted by atomic mass is 32.2. The van der Waals surface area contributed by atoms with Crippen molar-refractivity contribution in [2.24, 2.45) is 0 Å². The van der Waals surface area contributed by atoms with Crippen LogP contribution < -0.4 is 10.9 Å². The number of hydrogen-bond donors (Lipinski definition) is 3. The Hall–Kier alpha value is -1.20.